The highest BCUT2D eigenvalue weighted by molar-refractivity contribution is 6.10. The van der Waals surface area contributed by atoms with Gasteiger partial charge in [0.2, 0.25) is 0 Å². The zero-order valence-electron chi connectivity index (χ0n) is 17.3. The second-order valence-electron chi connectivity index (χ2n) is 7.45. The molecule has 0 saturated heterocycles. The number of benzene rings is 2. The number of hydrogen-bond acceptors (Lipinski definition) is 4. The van der Waals surface area contributed by atoms with Crippen molar-refractivity contribution in [1.29, 1.82) is 0 Å². The van der Waals surface area contributed by atoms with Crippen LogP contribution >= 0.6 is 0 Å². The van der Waals surface area contributed by atoms with E-state index in [0.717, 1.165) is 12.8 Å². The topological polar surface area (TPSA) is 75.7 Å². The van der Waals surface area contributed by atoms with Gasteiger partial charge < -0.3 is 10.1 Å². The van der Waals surface area contributed by atoms with E-state index in [9.17, 15) is 14.4 Å². The van der Waals surface area contributed by atoms with Gasteiger partial charge in [0.1, 0.15) is 6.54 Å². The number of rotatable bonds is 8. The predicted molar refractivity (Wildman–Crippen MR) is 114 cm³/mol. The third-order valence-electron chi connectivity index (χ3n) is 5.10. The van der Waals surface area contributed by atoms with Gasteiger partial charge in [-0.2, -0.15) is 0 Å². The van der Waals surface area contributed by atoms with E-state index in [-0.39, 0.29) is 24.4 Å². The van der Waals surface area contributed by atoms with Gasteiger partial charge in [-0.3, -0.25) is 19.3 Å². The summed E-state index contributed by atoms with van der Waals surface area (Å²) in [6.07, 6.45) is 0.664. The van der Waals surface area contributed by atoms with Crippen LogP contribution in [0.25, 0.3) is 5.70 Å². The predicted octanol–water partition coefficient (Wildman–Crippen LogP) is 3.18. The Hall–Kier alpha value is -3.41. The van der Waals surface area contributed by atoms with E-state index in [2.05, 4.69) is 11.9 Å². The summed E-state index contributed by atoms with van der Waals surface area (Å²) < 4.78 is 5.25. The summed E-state index contributed by atoms with van der Waals surface area (Å²) in [6.45, 7) is 7.05. The third-order valence-corrected chi connectivity index (χ3v) is 5.10. The summed E-state index contributed by atoms with van der Waals surface area (Å²) in [5.41, 5.74) is 2.87. The molecule has 0 spiro atoms. The monoisotopic (exact) mass is 406 g/mol. The van der Waals surface area contributed by atoms with Crippen LogP contribution < -0.4 is 5.32 Å². The first-order valence-corrected chi connectivity index (χ1v) is 10.0. The minimum Gasteiger partial charge on any atom is -0.451 e. The standard InChI is InChI=1S/C24H26N2O4/c1-16(13-14-19-9-5-4-6-10-19)25-23(28)18(3)30-22(27)15-26-17(2)20-11-7-8-12-21(20)24(26)29/h4-12,16,18H,2,13-15H2,1,3H3,(H,25,28). The molecule has 1 aliphatic rings. The van der Waals surface area contributed by atoms with Crippen molar-refractivity contribution in [3.63, 3.8) is 0 Å². The third kappa shape index (κ3) is 4.95. The summed E-state index contributed by atoms with van der Waals surface area (Å²) >= 11 is 0. The number of esters is 1. The van der Waals surface area contributed by atoms with Crippen molar-refractivity contribution in [2.24, 2.45) is 0 Å². The van der Waals surface area contributed by atoms with Crippen molar-refractivity contribution in [2.45, 2.75) is 38.8 Å². The number of carbonyl (C=O) groups is 3. The molecule has 6 nitrogen and oxygen atoms in total. The second kappa shape index (κ2) is 9.39. The van der Waals surface area contributed by atoms with Gasteiger partial charge in [-0.1, -0.05) is 55.1 Å². The Morgan fingerprint density at radius 2 is 1.67 bits per heavy atom. The van der Waals surface area contributed by atoms with Crippen molar-refractivity contribution in [1.82, 2.24) is 10.2 Å². The molecule has 0 fully saturated rings. The summed E-state index contributed by atoms with van der Waals surface area (Å²) in [5, 5.41) is 2.87. The average molecular weight is 406 g/mol. The number of aryl methyl sites for hydroxylation is 1. The summed E-state index contributed by atoms with van der Waals surface area (Å²) in [6, 6.07) is 17.0. The molecule has 1 aliphatic heterocycles. The first kappa shape index (κ1) is 21.3. The first-order chi connectivity index (χ1) is 14.4. The van der Waals surface area contributed by atoms with Crippen LogP contribution in [0, 0.1) is 0 Å². The fourth-order valence-electron chi connectivity index (χ4n) is 3.38. The molecule has 2 aromatic rings. The Morgan fingerprint density at radius 1 is 1.03 bits per heavy atom. The molecule has 0 aromatic heterocycles. The van der Waals surface area contributed by atoms with Crippen molar-refractivity contribution in [3.8, 4) is 0 Å². The minimum atomic E-state index is -0.954. The van der Waals surface area contributed by atoms with E-state index in [1.165, 1.54) is 17.4 Å². The van der Waals surface area contributed by atoms with Gasteiger partial charge in [-0.05, 0) is 38.3 Å². The van der Waals surface area contributed by atoms with Crippen LogP contribution in [-0.4, -0.2) is 41.4 Å². The molecular weight excluding hydrogens is 380 g/mol. The summed E-state index contributed by atoms with van der Waals surface area (Å²) in [4.78, 5) is 38.4. The highest BCUT2D eigenvalue weighted by atomic mass is 16.5. The second-order valence-corrected chi connectivity index (χ2v) is 7.45. The number of hydrogen-bond donors (Lipinski definition) is 1. The highest BCUT2D eigenvalue weighted by Crippen LogP contribution is 2.30. The van der Waals surface area contributed by atoms with Crippen LogP contribution in [0.2, 0.25) is 0 Å². The zero-order chi connectivity index (χ0) is 21.7. The maximum atomic E-state index is 12.5. The van der Waals surface area contributed by atoms with E-state index in [1.807, 2.05) is 43.3 Å². The van der Waals surface area contributed by atoms with Gasteiger partial charge in [0.05, 0.1) is 0 Å². The summed E-state index contributed by atoms with van der Waals surface area (Å²) in [7, 11) is 0. The number of nitrogens with zero attached hydrogens (tertiary/aromatic N) is 1. The lowest BCUT2D eigenvalue weighted by molar-refractivity contribution is -0.155. The van der Waals surface area contributed by atoms with Crippen LogP contribution in [0.4, 0.5) is 0 Å². The Bertz CT molecular complexity index is 920. The molecule has 1 heterocycles. The Labute approximate surface area is 176 Å². The molecule has 156 valence electrons. The van der Waals surface area contributed by atoms with Crippen LogP contribution in [0.15, 0.2) is 61.2 Å². The maximum absolute atomic E-state index is 12.5. The number of nitrogens with one attached hydrogen (secondary N) is 1. The van der Waals surface area contributed by atoms with Crippen molar-refractivity contribution in [3.05, 3.63) is 77.9 Å². The lowest BCUT2D eigenvalue weighted by Crippen LogP contribution is -2.42. The van der Waals surface area contributed by atoms with Gasteiger partial charge in [0.15, 0.2) is 6.10 Å². The van der Waals surface area contributed by atoms with Gasteiger partial charge in [-0.25, -0.2) is 0 Å². The van der Waals surface area contributed by atoms with Crippen LogP contribution in [-0.2, 0) is 20.7 Å². The molecule has 2 unspecified atom stereocenters. The van der Waals surface area contributed by atoms with E-state index >= 15 is 0 Å². The van der Waals surface area contributed by atoms with Gasteiger partial charge in [0.25, 0.3) is 11.8 Å². The van der Waals surface area contributed by atoms with Crippen LogP contribution in [0.5, 0.6) is 0 Å². The van der Waals surface area contributed by atoms with Crippen molar-refractivity contribution in [2.75, 3.05) is 6.54 Å². The number of ether oxygens (including phenoxy) is 1. The normalized spacial score (nSPS) is 14.8. The van der Waals surface area contributed by atoms with E-state index in [4.69, 9.17) is 4.74 Å². The van der Waals surface area contributed by atoms with Crippen LogP contribution in [0.1, 0.15) is 41.8 Å². The van der Waals surface area contributed by atoms with Gasteiger partial charge in [0, 0.05) is 22.9 Å². The van der Waals surface area contributed by atoms with E-state index < -0.39 is 12.1 Å². The first-order valence-electron chi connectivity index (χ1n) is 10.0. The highest BCUT2D eigenvalue weighted by Gasteiger charge is 2.33. The molecule has 3 rings (SSSR count). The average Bonchev–Trinajstić information content (AvgIpc) is 2.98. The Morgan fingerprint density at radius 3 is 2.33 bits per heavy atom. The van der Waals surface area contributed by atoms with Crippen LogP contribution in [0.3, 0.4) is 0 Å². The minimum absolute atomic E-state index is 0.0618. The summed E-state index contributed by atoms with van der Waals surface area (Å²) in [5.74, 6) is -1.31. The molecule has 30 heavy (non-hydrogen) atoms. The molecule has 2 amide bonds. The molecule has 2 atom stereocenters. The molecule has 1 N–H and O–H groups in total. The van der Waals surface area contributed by atoms with Gasteiger partial charge >= 0.3 is 5.97 Å². The van der Waals surface area contributed by atoms with E-state index in [1.54, 1.807) is 18.2 Å². The molecule has 0 radical (unpaired) electrons. The molecule has 6 heteroatoms. The molecule has 2 aromatic carbocycles. The number of fused-ring (bicyclic) bond motifs is 1. The zero-order valence-corrected chi connectivity index (χ0v) is 17.3. The number of amides is 2. The van der Waals surface area contributed by atoms with E-state index in [0.29, 0.717) is 16.8 Å². The fourth-order valence-corrected chi connectivity index (χ4v) is 3.38. The van der Waals surface area contributed by atoms with Gasteiger partial charge in [-0.15, -0.1) is 0 Å². The largest absolute Gasteiger partial charge is 0.451 e. The molecule has 0 saturated carbocycles. The molecular formula is C24H26N2O4. The fraction of sp³-hybridized carbons (Fsp3) is 0.292. The Kier molecular flexibility index (Phi) is 6.67. The molecule has 0 aliphatic carbocycles. The maximum Gasteiger partial charge on any atom is 0.326 e. The SMILES string of the molecule is C=C1c2ccccc2C(=O)N1CC(=O)OC(C)C(=O)NC(C)CCc1ccccc1. The number of carbonyl (C=O) groups excluding carboxylic acids is 3. The lowest BCUT2D eigenvalue weighted by Gasteiger charge is -2.20. The smallest absolute Gasteiger partial charge is 0.326 e. The van der Waals surface area contributed by atoms with Crippen molar-refractivity contribution < 1.29 is 19.1 Å². The lowest BCUT2D eigenvalue weighted by atomic mass is 10.1. The molecule has 0 bridgehead atoms. The quantitative estimate of drug-likeness (QED) is 0.683. The van der Waals surface area contributed by atoms with Crippen molar-refractivity contribution >= 4 is 23.5 Å². The Balaban J connectivity index is 1.46.